The fourth-order valence-electron chi connectivity index (χ4n) is 4.64. The van der Waals surface area contributed by atoms with Gasteiger partial charge in [0.2, 0.25) is 11.8 Å². The first kappa shape index (κ1) is 25.7. The van der Waals surface area contributed by atoms with Crippen molar-refractivity contribution in [2.24, 2.45) is 10.3 Å². The van der Waals surface area contributed by atoms with Gasteiger partial charge in [0.15, 0.2) is 5.25 Å². The van der Waals surface area contributed by atoms with E-state index < -0.39 is 21.3 Å². The molecule has 0 saturated carbocycles. The number of carbonyl (C=O) groups is 2. The van der Waals surface area contributed by atoms with Crippen LogP contribution < -0.4 is 15.5 Å². The van der Waals surface area contributed by atoms with Gasteiger partial charge >= 0.3 is 0 Å². The Kier molecular flexibility index (Phi) is 7.67. The number of rotatable bonds is 8. The molecule has 2 aromatic carbocycles. The molecule has 2 amide bonds. The minimum atomic E-state index is -4.60. The molecule has 3 N–H and O–H groups in total. The molecule has 4 rings (SSSR count). The summed E-state index contributed by atoms with van der Waals surface area (Å²) in [6.45, 7) is 2.21. The Morgan fingerprint density at radius 2 is 1.83 bits per heavy atom. The maximum absolute atomic E-state index is 13.4. The monoisotopic (exact) mass is 514 g/mol. The van der Waals surface area contributed by atoms with E-state index in [9.17, 15) is 22.6 Å². The van der Waals surface area contributed by atoms with Crippen molar-refractivity contribution < 1.29 is 22.6 Å². The Labute approximate surface area is 210 Å². The minimum Gasteiger partial charge on any atom is -0.354 e. The van der Waals surface area contributed by atoms with Gasteiger partial charge in [-0.05, 0) is 23.7 Å². The van der Waals surface area contributed by atoms with E-state index in [1.807, 2.05) is 60.6 Å². The molecule has 0 aromatic heterocycles. The number of para-hydroxylation sites is 1. The number of nitrogens with zero attached hydrogens (tertiary/aromatic N) is 4. The van der Waals surface area contributed by atoms with Crippen LogP contribution in [0.4, 0.5) is 5.69 Å². The highest BCUT2D eigenvalue weighted by Gasteiger charge is 2.39. The van der Waals surface area contributed by atoms with Crippen molar-refractivity contribution in [1.82, 2.24) is 15.6 Å². The highest BCUT2D eigenvalue weighted by atomic mass is 32.2. The summed E-state index contributed by atoms with van der Waals surface area (Å²) in [5.41, 5.74) is 3.60. The summed E-state index contributed by atoms with van der Waals surface area (Å²) in [5.74, 6) is -1.10. The van der Waals surface area contributed by atoms with Crippen molar-refractivity contribution in [3.05, 3.63) is 65.2 Å². The van der Waals surface area contributed by atoms with Crippen molar-refractivity contribution >= 4 is 27.6 Å². The van der Waals surface area contributed by atoms with Gasteiger partial charge in [-0.15, -0.1) is 0 Å². The van der Waals surface area contributed by atoms with Crippen LogP contribution in [-0.2, 0) is 26.3 Å². The second-order valence-corrected chi connectivity index (χ2v) is 10.4. The molecule has 2 aliphatic rings. The maximum atomic E-state index is 13.4. The van der Waals surface area contributed by atoms with Crippen LogP contribution in [0.25, 0.3) is 0 Å². The van der Waals surface area contributed by atoms with Crippen molar-refractivity contribution in [1.29, 1.82) is 0 Å². The SMILES string of the molecule is CCNCC(C(=O)NCCC(=O)N1Cc2ccccc2C2C(N=NN2C)c2ccccc21)S(=O)(=O)O. The molecule has 2 aromatic rings. The molecule has 0 aliphatic carbocycles. The molecule has 0 fully saturated rings. The Balaban J connectivity index is 1.56. The lowest BCUT2D eigenvalue weighted by atomic mass is 9.87. The molecule has 0 radical (unpaired) electrons. The van der Waals surface area contributed by atoms with Crippen LogP contribution in [0, 0.1) is 0 Å². The van der Waals surface area contributed by atoms with Gasteiger partial charge < -0.3 is 15.5 Å². The fraction of sp³-hybridized carbons (Fsp3) is 0.417. The van der Waals surface area contributed by atoms with E-state index in [4.69, 9.17) is 0 Å². The number of likely N-dealkylation sites (N-methyl/N-ethyl adjacent to an activating group) is 1. The van der Waals surface area contributed by atoms with Crippen LogP contribution in [-0.4, -0.2) is 61.7 Å². The molecule has 36 heavy (non-hydrogen) atoms. The molecular weight excluding hydrogens is 484 g/mol. The smallest absolute Gasteiger partial charge is 0.278 e. The molecule has 192 valence electrons. The summed E-state index contributed by atoms with van der Waals surface area (Å²) < 4.78 is 32.7. The number of amides is 2. The van der Waals surface area contributed by atoms with E-state index in [1.165, 1.54) is 0 Å². The van der Waals surface area contributed by atoms with Crippen LogP contribution >= 0.6 is 0 Å². The molecular formula is C24H30N6O5S. The van der Waals surface area contributed by atoms with Crippen molar-refractivity contribution in [3.8, 4) is 0 Å². The zero-order valence-corrected chi connectivity index (χ0v) is 21.0. The average molecular weight is 515 g/mol. The van der Waals surface area contributed by atoms with Crippen molar-refractivity contribution in [2.75, 3.05) is 31.6 Å². The summed E-state index contributed by atoms with van der Waals surface area (Å²) in [7, 11) is -2.71. The van der Waals surface area contributed by atoms with E-state index in [0.717, 1.165) is 22.4 Å². The average Bonchev–Trinajstić information content (AvgIpc) is 3.21. The van der Waals surface area contributed by atoms with Crippen molar-refractivity contribution in [2.45, 2.75) is 37.2 Å². The summed E-state index contributed by atoms with van der Waals surface area (Å²) in [6.07, 6.45) is -0.0584. The van der Waals surface area contributed by atoms with Gasteiger partial charge in [0.1, 0.15) is 12.1 Å². The first-order chi connectivity index (χ1) is 17.2. The summed E-state index contributed by atoms with van der Waals surface area (Å²) in [4.78, 5) is 27.5. The third-order valence-corrected chi connectivity index (χ3v) is 7.54. The zero-order chi connectivity index (χ0) is 25.9. The van der Waals surface area contributed by atoms with E-state index in [1.54, 1.807) is 11.8 Å². The highest BCUT2D eigenvalue weighted by molar-refractivity contribution is 7.87. The molecule has 3 unspecified atom stereocenters. The molecule has 0 spiro atoms. The summed E-state index contributed by atoms with van der Waals surface area (Å²) in [6, 6.07) is 15.1. The van der Waals surface area contributed by atoms with Crippen LogP contribution in [0.5, 0.6) is 0 Å². The van der Waals surface area contributed by atoms with E-state index in [-0.39, 0.29) is 37.5 Å². The van der Waals surface area contributed by atoms with Crippen LogP contribution in [0.2, 0.25) is 0 Å². The maximum Gasteiger partial charge on any atom is 0.278 e. The van der Waals surface area contributed by atoms with Gasteiger partial charge in [0.05, 0.1) is 6.54 Å². The molecule has 2 aliphatic heterocycles. The van der Waals surface area contributed by atoms with Gasteiger partial charge in [-0.2, -0.15) is 13.5 Å². The molecule has 2 heterocycles. The van der Waals surface area contributed by atoms with Crippen LogP contribution in [0.1, 0.15) is 42.1 Å². The normalized spacial score (nSPS) is 19.5. The molecule has 11 nitrogen and oxygen atoms in total. The lowest BCUT2D eigenvalue weighted by Gasteiger charge is -2.34. The van der Waals surface area contributed by atoms with Crippen LogP contribution in [0.15, 0.2) is 58.9 Å². The predicted octanol–water partition coefficient (Wildman–Crippen LogP) is 2.00. The number of carbonyl (C=O) groups excluding carboxylic acids is 2. The highest BCUT2D eigenvalue weighted by Crippen LogP contribution is 2.47. The number of hydrogen-bond donors (Lipinski definition) is 3. The number of benzene rings is 2. The van der Waals surface area contributed by atoms with Gasteiger partial charge in [0.25, 0.3) is 10.1 Å². The van der Waals surface area contributed by atoms with E-state index >= 15 is 0 Å². The van der Waals surface area contributed by atoms with Crippen molar-refractivity contribution in [3.63, 3.8) is 0 Å². The first-order valence-electron chi connectivity index (χ1n) is 11.8. The number of hydrogen-bond acceptors (Lipinski definition) is 8. The van der Waals surface area contributed by atoms with E-state index in [0.29, 0.717) is 13.1 Å². The molecule has 12 heteroatoms. The Bertz CT molecular complexity index is 1270. The first-order valence-corrected chi connectivity index (χ1v) is 13.3. The van der Waals surface area contributed by atoms with Crippen LogP contribution in [0.3, 0.4) is 0 Å². The van der Waals surface area contributed by atoms with Gasteiger partial charge in [-0.3, -0.25) is 19.2 Å². The molecule has 0 saturated heterocycles. The zero-order valence-electron chi connectivity index (χ0n) is 20.2. The van der Waals surface area contributed by atoms with Gasteiger partial charge in [0, 0.05) is 37.8 Å². The number of nitrogens with one attached hydrogen (secondary N) is 2. The summed E-state index contributed by atoms with van der Waals surface area (Å²) >= 11 is 0. The minimum absolute atomic E-state index is 0.0584. The largest absolute Gasteiger partial charge is 0.354 e. The van der Waals surface area contributed by atoms with Gasteiger partial charge in [-0.1, -0.05) is 54.6 Å². The number of fused-ring (bicyclic) bond motifs is 5. The van der Waals surface area contributed by atoms with E-state index in [2.05, 4.69) is 21.0 Å². The molecule has 3 atom stereocenters. The Morgan fingerprint density at radius 3 is 2.56 bits per heavy atom. The third kappa shape index (κ3) is 5.25. The van der Waals surface area contributed by atoms with Gasteiger partial charge in [-0.25, -0.2) is 0 Å². The number of anilines is 1. The fourth-order valence-corrected chi connectivity index (χ4v) is 5.32. The Hall–Kier alpha value is -3.35. The third-order valence-electron chi connectivity index (χ3n) is 6.44. The molecule has 0 bridgehead atoms. The lowest BCUT2D eigenvalue weighted by molar-refractivity contribution is -0.121. The quantitative estimate of drug-likeness (QED) is 0.457. The second-order valence-electron chi connectivity index (χ2n) is 8.76. The second kappa shape index (κ2) is 10.7. The lowest BCUT2D eigenvalue weighted by Crippen LogP contribution is -2.46. The topological polar surface area (TPSA) is 144 Å². The summed E-state index contributed by atoms with van der Waals surface area (Å²) in [5, 5.41) is 14.2. The standard InChI is InChI=1S/C24H30N6O5S/c1-3-25-14-20(36(33,34)35)24(32)26-13-12-21(31)30-15-16-8-4-5-9-17(16)23-22(27-28-29(23)2)18-10-6-7-11-19(18)30/h4-11,20,22-23,25H,3,12-15H2,1-2H3,(H,26,32)(H,33,34,35). The Morgan fingerprint density at radius 1 is 1.14 bits per heavy atom. The predicted molar refractivity (Wildman–Crippen MR) is 134 cm³/mol.